The highest BCUT2D eigenvalue weighted by Gasteiger charge is 2.31. The van der Waals surface area contributed by atoms with Gasteiger partial charge in [-0.15, -0.1) is 11.3 Å². The number of fused-ring (bicyclic) bond motifs is 1. The Kier molecular flexibility index (Phi) is 3.74. The van der Waals surface area contributed by atoms with Crippen LogP contribution in [0.2, 0.25) is 0 Å². The zero-order valence-corrected chi connectivity index (χ0v) is 12.3. The lowest BCUT2D eigenvalue weighted by atomic mass is 10.0. The molecule has 1 unspecified atom stereocenters. The number of hydrogen-bond acceptors (Lipinski definition) is 4. The normalized spacial score (nSPS) is 19.2. The maximum atomic E-state index is 11.8. The van der Waals surface area contributed by atoms with Gasteiger partial charge in [0, 0.05) is 30.9 Å². The van der Waals surface area contributed by atoms with Crippen LogP contribution in [0.5, 0.6) is 0 Å². The van der Waals surface area contributed by atoms with Gasteiger partial charge in [-0.1, -0.05) is 18.2 Å². The molecule has 3 rings (SSSR count). The minimum absolute atomic E-state index is 0.528. The Bertz CT molecular complexity index is 617. The first-order valence-electron chi connectivity index (χ1n) is 6.78. The van der Waals surface area contributed by atoms with E-state index < -0.39 is 12.0 Å². The molecule has 2 heterocycles. The number of rotatable bonds is 3. The molecule has 2 aromatic rings. The maximum Gasteiger partial charge on any atom is 0.325 e. The van der Waals surface area contributed by atoms with Crippen LogP contribution in [-0.2, 0) is 4.79 Å². The van der Waals surface area contributed by atoms with Crippen LogP contribution < -0.4 is 0 Å². The summed E-state index contributed by atoms with van der Waals surface area (Å²) < 4.78 is 1.16. The van der Waals surface area contributed by atoms with E-state index in [9.17, 15) is 9.90 Å². The summed E-state index contributed by atoms with van der Waals surface area (Å²) >= 11 is 1.62. The van der Waals surface area contributed by atoms with Crippen molar-refractivity contribution in [1.29, 1.82) is 0 Å². The summed E-state index contributed by atoms with van der Waals surface area (Å²) in [7, 11) is 2.08. The lowest BCUT2D eigenvalue weighted by molar-refractivity contribution is -0.144. The third-order valence-electron chi connectivity index (χ3n) is 3.94. The molecule has 20 heavy (non-hydrogen) atoms. The third-order valence-corrected chi connectivity index (χ3v) is 4.92. The van der Waals surface area contributed by atoms with Crippen LogP contribution in [0.25, 0.3) is 10.1 Å². The van der Waals surface area contributed by atoms with Crippen molar-refractivity contribution in [3.63, 3.8) is 0 Å². The van der Waals surface area contributed by atoms with E-state index in [-0.39, 0.29) is 0 Å². The highest BCUT2D eigenvalue weighted by atomic mass is 32.1. The molecule has 0 amide bonds. The molecule has 1 aliphatic heterocycles. The molecule has 0 saturated carbocycles. The van der Waals surface area contributed by atoms with Gasteiger partial charge in [-0.3, -0.25) is 9.69 Å². The Labute approximate surface area is 122 Å². The van der Waals surface area contributed by atoms with E-state index in [2.05, 4.69) is 16.8 Å². The molecular weight excluding hydrogens is 272 g/mol. The molecule has 0 bridgehead atoms. The van der Waals surface area contributed by atoms with E-state index >= 15 is 0 Å². The van der Waals surface area contributed by atoms with Gasteiger partial charge in [-0.2, -0.15) is 0 Å². The molecule has 1 aromatic carbocycles. The smallest absolute Gasteiger partial charge is 0.325 e. The number of likely N-dealkylation sites (N-methyl/N-ethyl adjacent to an activating group) is 1. The van der Waals surface area contributed by atoms with Gasteiger partial charge in [-0.05, 0) is 29.4 Å². The van der Waals surface area contributed by atoms with Crippen LogP contribution in [0.15, 0.2) is 29.6 Å². The van der Waals surface area contributed by atoms with Gasteiger partial charge in [0.2, 0.25) is 0 Å². The van der Waals surface area contributed by atoms with E-state index in [1.54, 1.807) is 11.3 Å². The third kappa shape index (κ3) is 2.44. The summed E-state index contributed by atoms with van der Waals surface area (Å²) in [5.74, 6) is -0.752. The Morgan fingerprint density at radius 2 is 1.95 bits per heavy atom. The Morgan fingerprint density at radius 1 is 1.25 bits per heavy atom. The van der Waals surface area contributed by atoms with Gasteiger partial charge in [0.05, 0.1) is 0 Å². The van der Waals surface area contributed by atoms with Gasteiger partial charge in [0.25, 0.3) is 0 Å². The number of thiophene rings is 1. The molecular formula is C15H18N2O2S. The van der Waals surface area contributed by atoms with Gasteiger partial charge < -0.3 is 10.0 Å². The number of aliphatic carboxylic acids is 1. The number of benzene rings is 1. The van der Waals surface area contributed by atoms with E-state index in [1.165, 1.54) is 0 Å². The van der Waals surface area contributed by atoms with Crippen molar-refractivity contribution >= 4 is 27.4 Å². The minimum Gasteiger partial charge on any atom is -0.480 e. The largest absolute Gasteiger partial charge is 0.480 e. The molecule has 1 aliphatic rings. The molecule has 4 nitrogen and oxygen atoms in total. The summed E-state index contributed by atoms with van der Waals surface area (Å²) in [4.78, 5) is 16.1. The molecule has 0 radical (unpaired) electrons. The van der Waals surface area contributed by atoms with Crippen molar-refractivity contribution in [1.82, 2.24) is 9.80 Å². The van der Waals surface area contributed by atoms with Crippen molar-refractivity contribution in [3.8, 4) is 0 Å². The molecule has 106 valence electrons. The lowest BCUT2D eigenvalue weighted by Crippen LogP contribution is -2.47. The van der Waals surface area contributed by atoms with Gasteiger partial charge in [0.1, 0.15) is 6.04 Å². The summed E-state index contributed by atoms with van der Waals surface area (Å²) in [6.45, 7) is 3.45. The molecule has 1 atom stereocenters. The van der Waals surface area contributed by atoms with Crippen LogP contribution >= 0.6 is 11.3 Å². The quantitative estimate of drug-likeness (QED) is 0.942. The second-order valence-corrected chi connectivity index (χ2v) is 6.18. The van der Waals surface area contributed by atoms with E-state index in [4.69, 9.17) is 0 Å². The Morgan fingerprint density at radius 3 is 2.65 bits per heavy atom. The molecule has 5 heteroatoms. The highest BCUT2D eigenvalue weighted by molar-refractivity contribution is 7.17. The van der Waals surface area contributed by atoms with Crippen molar-refractivity contribution < 1.29 is 9.90 Å². The number of carboxylic acid groups (broad SMARTS) is 1. The fourth-order valence-electron chi connectivity index (χ4n) is 2.78. The predicted molar refractivity (Wildman–Crippen MR) is 81.3 cm³/mol. The molecule has 1 aromatic heterocycles. The predicted octanol–water partition coefficient (Wildman–Crippen LogP) is 2.27. The lowest BCUT2D eigenvalue weighted by Gasteiger charge is -2.36. The van der Waals surface area contributed by atoms with Crippen LogP contribution in [0.4, 0.5) is 0 Å². The van der Waals surface area contributed by atoms with Crippen LogP contribution in [0, 0.1) is 0 Å². The maximum absolute atomic E-state index is 11.8. The van der Waals surface area contributed by atoms with Crippen molar-refractivity contribution in [3.05, 3.63) is 35.2 Å². The summed E-state index contributed by atoms with van der Waals surface area (Å²) in [5, 5.41) is 12.7. The molecule has 1 fully saturated rings. The summed E-state index contributed by atoms with van der Waals surface area (Å²) in [5.41, 5.74) is 0.933. The topological polar surface area (TPSA) is 43.8 Å². The van der Waals surface area contributed by atoms with Crippen LogP contribution in [0.3, 0.4) is 0 Å². The number of piperazine rings is 1. The van der Waals surface area contributed by atoms with Gasteiger partial charge in [0.15, 0.2) is 0 Å². The van der Waals surface area contributed by atoms with E-state index in [0.717, 1.165) is 41.8 Å². The van der Waals surface area contributed by atoms with Crippen molar-refractivity contribution in [2.75, 3.05) is 33.2 Å². The number of hydrogen-bond donors (Lipinski definition) is 1. The summed E-state index contributed by atoms with van der Waals surface area (Å²) in [6, 6.07) is 7.51. The molecule has 1 N–H and O–H groups in total. The zero-order valence-electron chi connectivity index (χ0n) is 11.5. The van der Waals surface area contributed by atoms with E-state index in [0.29, 0.717) is 0 Å². The first-order chi connectivity index (χ1) is 9.66. The molecule has 0 aliphatic carbocycles. The average molecular weight is 290 g/mol. The first kappa shape index (κ1) is 13.5. The SMILES string of the molecule is CN1CCN(C(C(=O)O)c2csc3ccccc23)CC1. The van der Waals surface area contributed by atoms with E-state index in [1.807, 2.05) is 29.6 Å². The fraction of sp³-hybridized carbons (Fsp3) is 0.400. The monoisotopic (exact) mass is 290 g/mol. The van der Waals surface area contributed by atoms with Crippen molar-refractivity contribution in [2.24, 2.45) is 0 Å². The number of carboxylic acids is 1. The first-order valence-corrected chi connectivity index (χ1v) is 7.66. The molecule has 1 saturated heterocycles. The number of nitrogens with zero attached hydrogens (tertiary/aromatic N) is 2. The molecule has 0 spiro atoms. The van der Waals surface area contributed by atoms with Crippen LogP contribution in [-0.4, -0.2) is 54.1 Å². The Hall–Kier alpha value is -1.43. The second kappa shape index (κ2) is 5.52. The van der Waals surface area contributed by atoms with Gasteiger partial charge in [-0.25, -0.2) is 0 Å². The number of carbonyl (C=O) groups is 1. The second-order valence-electron chi connectivity index (χ2n) is 5.27. The van der Waals surface area contributed by atoms with Gasteiger partial charge >= 0.3 is 5.97 Å². The van der Waals surface area contributed by atoms with Crippen molar-refractivity contribution in [2.45, 2.75) is 6.04 Å². The summed E-state index contributed by atoms with van der Waals surface area (Å²) in [6.07, 6.45) is 0. The zero-order chi connectivity index (χ0) is 14.1. The standard InChI is InChI=1S/C15H18N2O2S/c1-16-6-8-17(9-7-16)14(15(18)19)12-10-20-13-5-3-2-4-11(12)13/h2-5,10,14H,6-9H2,1H3,(H,18,19). The average Bonchev–Trinajstić information content (AvgIpc) is 2.85. The Balaban J connectivity index is 1.96. The van der Waals surface area contributed by atoms with Crippen LogP contribution in [0.1, 0.15) is 11.6 Å². The highest BCUT2D eigenvalue weighted by Crippen LogP contribution is 2.33. The minimum atomic E-state index is -0.752. The fourth-order valence-corrected chi connectivity index (χ4v) is 3.76.